The van der Waals surface area contributed by atoms with Gasteiger partial charge in [-0.15, -0.1) is 0 Å². The number of fused-ring (bicyclic) bond motifs is 1. The Hall–Kier alpha value is -2.03. The molecular weight excluding hydrogens is 398 g/mol. The molecule has 2 atom stereocenters. The van der Waals surface area contributed by atoms with Gasteiger partial charge in [0.05, 0.1) is 33.9 Å². The molecule has 1 aliphatic heterocycles. The van der Waals surface area contributed by atoms with Gasteiger partial charge in [0, 0.05) is 13.1 Å². The van der Waals surface area contributed by atoms with Crippen molar-refractivity contribution in [2.45, 2.75) is 57.4 Å². The molecule has 0 unspecified atom stereocenters. The molecule has 1 spiro atoms. The normalized spacial score (nSPS) is 21.6. The van der Waals surface area contributed by atoms with E-state index in [1.165, 1.54) is 17.5 Å². The second kappa shape index (κ2) is 7.90. The number of piperidine rings is 1. The molecule has 8 heteroatoms. The SMILES string of the molecule is CC(C)(C)[S@@](=O)N[C@@H]1c2ccccc2CC12CCN(c1ncnc(N)c1CO)CC2. The summed E-state index contributed by atoms with van der Waals surface area (Å²) < 4.78 is 16.2. The van der Waals surface area contributed by atoms with Crippen LogP contribution < -0.4 is 15.4 Å². The number of nitrogens with one attached hydrogen (secondary N) is 1. The average molecular weight is 430 g/mol. The first-order chi connectivity index (χ1) is 14.2. The molecule has 1 aromatic carbocycles. The zero-order valence-electron chi connectivity index (χ0n) is 17.9. The molecule has 1 saturated heterocycles. The smallest absolute Gasteiger partial charge is 0.139 e. The van der Waals surface area contributed by atoms with Crippen molar-refractivity contribution >= 4 is 22.6 Å². The average Bonchev–Trinajstić information content (AvgIpc) is 3.00. The van der Waals surface area contributed by atoms with Gasteiger partial charge in [0.25, 0.3) is 0 Å². The van der Waals surface area contributed by atoms with Crippen LogP contribution in [0.4, 0.5) is 11.6 Å². The summed E-state index contributed by atoms with van der Waals surface area (Å²) in [6.45, 7) is 7.44. The molecule has 2 aromatic rings. The van der Waals surface area contributed by atoms with Crippen molar-refractivity contribution in [1.29, 1.82) is 0 Å². The Labute approximate surface area is 180 Å². The molecular formula is C22H31N5O2S. The lowest BCUT2D eigenvalue weighted by Gasteiger charge is -2.44. The summed E-state index contributed by atoms with van der Waals surface area (Å²) >= 11 is 0. The van der Waals surface area contributed by atoms with E-state index in [9.17, 15) is 9.32 Å². The Morgan fingerprint density at radius 2 is 1.97 bits per heavy atom. The van der Waals surface area contributed by atoms with Gasteiger partial charge in [-0.25, -0.2) is 18.9 Å². The summed E-state index contributed by atoms with van der Waals surface area (Å²) in [6.07, 6.45) is 4.32. The minimum absolute atomic E-state index is 0.0129. The van der Waals surface area contributed by atoms with E-state index in [0.29, 0.717) is 11.4 Å². The van der Waals surface area contributed by atoms with Crippen LogP contribution in [-0.4, -0.2) is 37.1 Å². The van der Waals surface area contributed by atoms with Gasteiger partial charge in [-0.05, 0) is 56.6 Å². The molecule has 2 aliphatic rings. The van der Waals surface area contributed by atoms with Crippen LogP contribution in [0, 0.1) is 5.41 Å². The topological polar surface area (TPSA) is 104 Å². The fourth-order valence-corrected chi connectivity index (χ4v) is 5.67. The Balaban J connectivity index is 1.60. The van der Waals surface area contributed by atoms with E-state index in [1.807, 2.05) is 20.8 Å². The lowest BCUT2D eigenvalue weighted by Crippen LogP contribution is -2.48. The maximum Gasteiger partial charge on any atom is 0.139 e. The van der Waals surface area contributed by atoms with Gasteiger partial charge in [0.1, 0.15) is 18.0 Å². The summed E-state index contributed by atoms with van der Waals surface area (Å²) in [7, 11) is -1.15. The van der Waals surface area contributed by atoms with Gasteiger partial charge >= 0.3 is 0 Å². The van der Waals surface area contributed by atoms with E-state index < -0.39 is 11.0 Å². The molecule has 7 nitrogen and oxygen atoms in total. The van der Waals surface area contributed by atoms with E-state index in [-0.39, 0.29) is 22.8 Å². The highest BCUT2D eigenvalue weighted by molar-refractivity contribution is 7.84. The lowest BCUT2D eigenvalue weighted by atomic mass is 9.73. The first kappa shape index (κ1) is 21.2. The van der Waals surface area contributed by atoms with Crippen molar-refractivity contribution in [2.24, 2.45) is 5.41 Å². The van der Waals surface area contributed by atoms with Crippen LogP contribution in [-0.2, 0) is 24.0 Å². The maximum absolute atomic E-state index is 13.0. The molecule has 30 heavy (non-hydrogen) atoms. The minimum atomic E-state index is -1.15. The third-order valence-electron chi connectivity index (χ3n) is 6.47. The van der Waals surface area contributed by atoms with Gasteiger partial charge in [-0.1, -0.05) is 24.3 Å². The van der Waals surface area contributed by atoms with Crippen LogP contribution in [0.15, 0.2) is 30.6 Å². The van der Waals surface area contributed by atoms with Crippen LogP contribution in [0.25, 0.3) is 0 Å². The monoisotopic (exact) mass is 429 g/mol. The number of nitrogens with zero attached hydrogens (tertiary/aromatic N) is 3. The fourth-order valence-electron chi connectivity index (χ4n) is 4.73. The van der Waals surface area contributed by atoms with E-state index in [0.717, 1.165) is 38.2 Å². The van der Waals surface area contributed by atoms with Crippen molar-refractivity contribution in [1.82, 2.24) is 14.7 Å². The van der Waals surface area contributed by atoms with E-state index in [4.69, 9.17) is 5.73 Å². The number of nitrogen functional groups attached to an aromatic ring is 1. The molecule has 0 saturated carbocycles. The Kier molecular flexibility index (Phi) is 5.59. The standard InChI is InChI=1S/C22H31N5O2S/c1-21(2,3)30(29)26-18-16-7-5-4-6-15(16)12-22(18)8-10-27(11-9-22)20-17(13-28)19(23)24-14-25-20/h4-7,14,18,26,28H,8-13H2,1-3H3,(H2,23,24,25)/t18-,30-/m1/s1. The van der Waals surface area contributed by atoms with Gasteiger partial charge < -0.3 is 15.7 Å². The number of hydrogen-bond acceptors (Lipinski definition) is 6. The van der Waals surface area contributed by atoms with Crippen molar-refractivity contribution in [3.05, 3.63) is 47.3 Å². The van der Waals surface area contributed by atoms with Crippen molar-refractivity contribution in [2.75, 3.05) is 23.7 Å². The molecule has 4 rings (SSSR count). The van der Waals surface area contributed by atoms with Gasteiger partial charge in [0.2, 0.25) is 0 Å². The molecule has 1 fully saturated rings. The van der Waals surface area contributed by atoms with Gasteiger partial charge in [-0.3, -0.25) is 0 Å². The summed E-state index contributed by atoms with van der Waals surface area (Å²) in [4.78, 5) is 10.6. The summed E-state index contributed by atoms with van der Waals surface area (Å²) in [5.74, 6) is 1.05. The quantitative estimate of drug-likeness (QED) is 0.690. The minimum Gasteiger partial charge on any atom is -0.391 e. The van der Waals surface area contributed by atoms with E-state index >= 15 is 0 Å². The second-order valence-corrected chi connectivity index (χ2v) is 11.4. The Morgan fingerprint density at radius 1 is 1.27 bits per heavy atom. The number of anilines is 2. The van der Waals surface area contributed by atoms with Crippen LogP contribution in [0.5, 0.6) is 0 Å². The molecule has 2 heterocycles. The van der Waals surface area contributed by atoms with Gasteiger partial charge in [-0.2, -0.15) is 0 Å². The molecule has 1 aromatic heterocycles. The predicted molar refractivity (Wildman–Crippen MR) is 120 cm³/mol. The number of aromatic nitrogens is 2. The van der Waals surface area contributed by atoms with Crippen molar-refractivity contribution in [3.63, 3.8) is 0 Å². The third kappa shape index (κ3) is 3.72. The Bertz CT molecular complexity index is 951. The highest BCUT2D eigenvalue weighted by atomic mass is 32.2. The van der Waals surface area contributed by atoms with Crippen LogP contribution in [0.3, 0.4) is 0 Å². The molecule has 0 bridgehead atoms. The molecule has 0 amide bonds. The molecule has 162 valence electrons. The lowest BCUT2D eigenvalue weighted by molar-refractivity contribution is 0.177. The number of benzene rings is 1. The first-order valence-corrected chi connectivity index (χ1v) is 11.6. The number of aliphatic hydroxyl groups is 1. The maximum atomic E-state index is 13.0. The third-order valence-corrected chi connectivity index (χ3v) is 8.04. The molecule has 1 aliphatic carbocycles. The summed E-state index contributed by atoms with van der Waals surface area (Å²) in [5.41, 5.74) is 9.16. The highest BCUT2D eigenvalue weighted by Gasteiger charge is 2.49. The highest BCUT2D eigenvalue weighted by Crippen LogP contribution is 2.52. The largest absolute Gasteiger partial charge is 0.391 e. The number of nitrogens with two attached hydrogens (primary N) is 1. The summed E-state index contributed by atoms with van der Waals surface area (Å²) in [5, 5.41) is 9.74. The zero-order valence-corrected chi connectivity index (χ0v) is 18.7. The van der Waals surface area contributed by atoms with Crippen LogP contribution >= 0.6 is 0 Å². The first-order valence-electron chi connectivity index (χ1n) is 10.5. The van der Waals surface area contributed by atoms with Gasteiger partial charge in [0.15, 0.2) is 0 Å². The van der Waals surface area contributed by atoms with E-state index in [1.54, 1.807) is 0 Å². The van der Waals surface area contributed by atoms with Crippen molar-refractivity contribution in [3.8, 4) is 0 Å². The second-order valence-electron chi connectivity index (χ2n) is 9.38. The van der Waals surface area contributed by atoms with Crippen molar-refractivity contribution < 1.29 is 9.32 Å². The predicted octanol–water partition coefficient (Wildman–Crippen LogP) is 2.49. The van der Waals surface area contributed by atoms with E-state index in [2.05, 4.69) is 43.9 Å². The number of rotatable bonds is 4. The van der Waals surface area contributed by atoms with Crippen LogP contribution in [0.2, 0.25) is 0 Å². The number of aliphatic hydroxyl groups excluding tert-OH is 1. The molecule has 0 radical (unpaired) electrons. The number of hydrogen-bond donors (Lipinski definition) is 3. The zero-order chi connectivity index (χ0) is 21.5. The fraction of sp³-hybridized carbons (Fsp3) is 0.545. The van der Waals surface area contributed by atoms with Crippen LogP contribution in [0.1, 0.15) is 56.3 Å². The Morgan fingerprint density at radius 3 is 2.63 bits per heavy atom. The summed E-state index contributed by atoms with van der Waals surface area (Å²) in [6, 6.07) is 8.58. The molecule has 4 N–H and O–H groups in total.